The molecule has 0 unspecified atom stereocenters. The summed E-state index contributed by atoms with van der Waals surface area (Å²) in [5, 5.41) is 10.1. The van der Waals surface area contributed by atoms with Gasteiger partial charge in [-0.2, -0.15) is 4.98 Å². The standard InChI is InChI=1S/C28H32ClN6O3P/c1-7-26(36)31-22-17-23(24(38-4)16-19(22)12-11-15-35(3)8-2)33-28-30-18-20(29)27(34-28)32-21-13-9-10-14-25(21)39(5,6)37/h7,9-10,13-14,16-18H,1,8,15H2,2-6H3,(H,31,36)(H2,30,32,33,34). The summed E-state index contributed by atoms with van der Waals surface area (Å²) in [6.07, 6.45) is 2.64. The largest absolute Gasteiger partial charge is 0.495 e. The molecular weight excluding hydrogens is 535 g/mol. The fraction of sp³-hybridized carbons (Fsp3) is 0.250. The number of amides is 1. The van der Waals surface area contributed by atoms with Crippen LogP contribution >= 0.6 is 18.7 Å². The molecule has 0 atom stereocenters. The zero-order chi connectivity index (χ0) is 28.6. The number of anilines is 5. The third kappa shape index (κ3) is 8.08. The number of benzene rings is 2. The van der Waals surface area contributed by atoms with Crippen molar-refractivity contribution >= 4 is 58.8 Å². The van der Waals surface area contributed by atoms with Crippen LogP contribution < -0.4 is 26.0 Å². The molecule has 0 aliphatic heterocycles. The van der Waals surface area contributed by atoms with Crippen LogP contribution in [0.4, 0.5) is 28.8 Å². The summed E-state index contributed by atoms with van der Waals surface area (Å²) >= 11 is 6.39. The zero-order valence-electron chi connectivity index (χ0n) is 22.6. The van der Waals surface area contributed by atoms with Gasteiger partial charge in [0.2, 0.25) is 11.9 Å². The molecule has 0 radical (unpaired) electrons. The molecule has 0 bridgehead atoms. The van der Waals surface area contributed by atoms with Crippen LogP contribution in [0.2, 0.25) is 5.02 Å². The van der Waals surface area contributed by atoms with Crippen LogP contribution in [0.25, 0.3) is 0 Å². The number of rotatable bonds is 10. The summed E-state index contributed by atoms with van der Waals surface area (Å²) in [7, 11) is 0.942. The average Bonchev–Trinajstić information content (AvgIpc) is 2.91. The third-order valence-electron chi connectivity index (χ3n) is 5.62. The van der Waals surface area contributed by atoms with E-state index in [-0.39, 0.29) is 16.9 Å². The number of nitrogens with zero attached hydrogens (tertiary/aromatic N) is 3. The van der Waals surface area contributed by atoms with E-state index in [4.69, 9.17) is 16.3 Å². The number of ether oxygens (including phenoxy) is 1. The Morgan fingerprint density at radius 2 is 1.95 bits per heavy atom. The SMILES string of the molecule is C=CC(=O)Nc1cc(Nc2ncc(Cl)c(Nc3ccccc3P(C)(C)=O)n2)c(OC)cc1C#CCN(C)CC. The molecular formula is C28H32ClN6O3P. The first-order valence-electron chi connectivity index (χ1n) is 12.1. The van der Waals surface area contributed by atoms with E-state index in [9.17, 15) is 9.36 Å². The van der Waals surface area contributed by atoms with Crippen LogP contribution in [0.15, 0.2) is 55.3 Å². The van der Waals surface area contributed by atoms with Gasteiger partial charge >= 0.3 is 0 Å². The minimum atomic E-state index is -2.56. The van der Waals surface area contributed by atoms with Crippen LogP contribution in [-0.2, 0) is 9.36 Å². The van der Waals surface area contributed by atoms with Crippen LogP contribution in [0.5, 0.6) is 5.75 Å². The van der Waals surface area contributed by atoms with Gasteiger partial charge in [0.25, 0.3) is 0 Å². The lowest BCUT2D eigenvalue weighted by Gasteiger charge is -2.17. The van der Waals surface area contributed by atoms with Gasteiger partial charge in [0.15, 0.2) is 5.82 Å². The molecule has 11 heteroatoms. The highest BCUT2D eigenvalue weighted by Crippen LogP contribution is 2.39. The first-order valence-corrected chi connectivity index (χ1v) is 15.1. The van der Waals surface area contributed by atoms with Gasteiger partial charge in [0, 0.05) is 11.4 Å². The van der Waals surface area contributed by atoms with Crippen LogP contribution in [-0.4, -0.2) is 61.4 Å². The predicted octanol–water partition coefficient (Wildman–Crippen LogP) is 5.30. The molecule has 2 aromatic carbocycles. The van der Waals surface area contributed by atoms with E-state index in [1.54, 1.807) is 25.5 Å². The quantitative estimate of drug-likeness (QED) is 0.172. The highest BCUT2D eigenvalue weighted by atomic mass is 35.5. The van der Waals surface area contributed by atoms with Gasteiger partial charge in [0.05, 0.1) is 42.5 Å². The van der Waals surface area contributed by atoms with E-state index >= 15 is 0 Å². The molecule has 39 heavy (non-hydrogen) atoms. The molecule has 1 amide bonds. The second-order valence-electron chi connectivity index (χ2n) is 8.93. The van der Waals surface area contributed by atoms with Crippen LogP contribution in [0, 0.1) is 11.8 Å². The summed E-state index contributed by atoms with van der Waals surface area (Å²) in [6.45, 7) is 10.4. The van der Waals surface area contributed by atoms with Gasteiger partial charge in [-0.3, -0.25) is 9.69 Å². The normalized spacial score (nSPS) is 10.8. The van der Waals surface area contributed by atoms with Crippen molar-refractivity contribution < 1.29 is 14.1 Å². The number of nitrogens with one attached hydrogen (secondary N) is 3. The Morgan fingerprint density at radius 1 is 1.21 bits per heavy atom. The molecule has 0 saturated carbocycles. The summed E-state index contributed by atoms with van der Waals surface area (Å²) in [4.78, 5) is 23.0. The number of hydrogen-bond acceptors (Lipinski definition) is 8. The number of aromatic nitrogens is 2. The monoisotopic (exact) mass is 566 g/mol. The highest BCUT2D eigenvalue weighted by molar-refractivity contribution is 7.70. The van der Waals surface area contributed by atoms with E-state index in [1.165, 1.54) is 19.4 Å². The second kappa shape index (κ2) is 13.3. The van der Waals surface area contributed by atoms with Gasteiger partial charge < -0.3 is 25.3 Å². The van der Waals surface area contributed by atoms with Crippen molar-refractivity contribution in [3.63, 3.8) is 0 Å². The molecule has 0 aliphatic carbocycles. The molecule has 0 fully saturated rings. The van der Waals surface area contributed by atoms with Crippen molar-refractivity contribution in [2.24, 2.45) is 0 Å². The lowest BCUT2D eigenvalue weighted by molar-refractivity contribution is -0.111. The van der Waals surface area contributed by atoms with Gasteiger partial charge in [0.1, 0.15) is 17.9 Å². The predicted molar refractivity (Wildman–Crippen MR) is 161 cm³/mol. The molecule has 1 heterocycles. The summed E-state index contributed by atoms with van der Waals surface area (Å²) in [6, 6.07) is 10.7. The number of carbonyl (C=O) groups excluding carboxylic acids is 1. The van der Waals surface area contributed by atoms with E-state index in [0.29, 0.717) is 46.0 Å². The van der Waals surface area contributed by atoms with Crippen molar-refractivity contribution in [2.75, 3.05) is 56.5 Å². The molecule has 0 aliphatic rings. The Balaban J connectivity index is 1.99. The molecule has 204 valence electrons. The van der Waals surface area contributed by atoms with Crippen molar-refractivity contribution in [2.45, 2.75) is 6.92 Å². The maximum atomic E-state index is 12.8. The van der Waals surface area contributed by atoms with E-state index in [1.807, 2.05) is 38.2 Å². The lowest BCUT2D eigenvalue weighted by atomic mass is 10.1. The molecule has 9 nitrogen and oxygen atoms in total. The molecule has 0 spiro atoms. The van der Waals surface area contributed by atoms with Gasteiger partial charge in [-0.25, -0.2) is 4.98 Å². The third-order valence-corrected chi connectivity index (χ3v) is 7.45. The molecule has 0 saturated heterocycles. The Kier molecular flexibility index (Phi) is 10.1. The molecule has 3 rings (SSSR count). The Morgan fingerprint density at radius 3 is 2.62 bits per heavy atom. The maximum Gasteiger partial charge on any atom is 0.247 e. The van der Waals surface area contributed by atoms with Crippen LogP contribution in [0.1, 0.15) is 12.5 Å². The smallest absolute Gasteiger partial charge is 0.247 e. The Hall–Kier alpha value is -3.83. The molecule has 3 aromatic rings. The van der Waals surface area contributed by atoms with Gasteiger partial charge in [-0.1, -0.05) is 49.1 Å². The summed E-state index contributed by atoms with van der Waals surface area (Å²) in [5.41, 5.74) is 2.18. The minimum absolute atomic E-state index is 0.221. The number of para-hydroxylation sites is 1. The number of halogens is 1. The van der Waals surface area contributed by atoms with Gasteiger partial charge in [-0.05, 0) is 51.2 Å². The van der Waals surface area contributed by atoms with Crippen LogP contribution in [0.3, 0.4) is 0 Å². The number of hydrogen-bond donors (Lipinski definition) is 3. The van der Waals surface area contributed by atoms with E-state index in [0.717, 1.165) is 6.54 Å². The van der Waals surface area contributed by atoms with Crippen molar-refractivity contribution in [3.05, 3.63) is 65.8 Å². The average molecular weight is 567 g/mol. The van der Waals surface area contributed by atoms with Crippen molar-refractivity contribution in [1.29, 1.82) is 0 Å². The highest BCUT2D eigenvalue weighted by Gasteiger charge is 2.18. The lowest BCUT2D eigenvalue weighted by Crippen LogP contribution is -2.17. The second-order valence-corrected chi connectivity index (χ2v) is 12.5. The fourth-order valence-electron chi connectivity index (χ4n) is 3.43. The van der Waals surface area contributed by atoms with Gasteiger partial charge in [-0.15, -0.1) is 0 Å². The Labute approximate surface area is 234 Å². The molecule has 3 N–H and O–H groups in total. The topological polar surface area (TPSA) is 108 Å². The maximum absolute atomic E-state index is 12.8. The molecule has 1 aromatic heterocycles. The Bertz CT molecular complexity index is 1480. The summed E-state index contributed by atoms with van der Waals surface area (Å²) in [5.74, 6) is 6.86. The number of methoxy groups -OCH3 is 1. The first-order chi connectivity index (χ1) is 18.5. The minimum Gasteiger partial charge on any atom is -0.495 e. The summed E-state index contributed by atoms with van der Waals surface area (Å²) < 4.78 is 18.4. The number of carbonyl (C=O) groups is 1. The first kappa shape index (κ1) is 29.7. The van der Waals surface area contributed by atoms with Crippen molar-refractivity contribution in [1.82, 2.24) is 14.9 Å². The zero-order valence-corrected chi connectivity index (χ0v) is 24.3. The van der Waals surface area contributed by atoms with E-state index in [2.05, 4.69) is 49.2 Å². The van der Waals surface area contributed by atoms with E-state index < -0.39 is 7.14 Å². The fourth-order valence-corrected chi connectivity index (χ4v) is 4.72. The van der Waals surface area contributed by atoms with Crippen molar-refractivity contribution in [3.8, 4) is 17.6 Å².